The first kappa shape index (κ1) is 20.5. The number of rotatable bonds is 4. The van der Waals surface area contributed by atoms with Crippen LogP contribution in [-0.4, -0.2) is 36.8 Å². The minimum atomic E-state index is -4.94. The first-order chi connectivity index (χ1) is 13.3. The lowest BCUT2D eigenvalue weighted by atomic mass is 9.94. The highest BCUT2D eigenvalue weighted by Crippen LogP contribution is 2.39. The predicted molar refractivity (Wildman–Crippen MR) is 104 cm³/mol. The SMILES string of the molecule is Nc1cccc(C(=O)c2c(N)cc(S(=O)(=O)O)c3cc(S(=O)(=O)O)cc(O)c23)c1. The largest absolute Gasteiger partial charge is 0.507 e. The Balaban J connectivity index is 2.50. The first-order valence-electron chi connectivity index (χ1n) is 7.75. The maximum atomic E-state index is 13.0. The van der Waals surface area contributed by atoms with Crippen LogP contribution in [0.15, 0.2) is 52.3 Å². The van der Waals surface area contributed by atoms with E-state index in [1.165, 1.54) is 24.3 Å². The Kier molecular flexibility index (Phi) is 4.75. The smallest absolute Gasteiger partial charge is 0.295 e. The van der Waals surface area contributed by atoms with Gasteiger partial charge in [-0.15, -0.1) is 0 Å². The number of carbonyl (C=O) groups excluding carboxylic acids is 1. The van der Waals surface area contributed by atoms with Crippen molar-refractivity contribution in [3.8, 4) is 5.75 Å². The number of ketones is 1. The third kappa shape index (κ3) is 3.73. The van der Waals surface area contributed by atoms with Gasteiger partial charge in [0.15, 0.2) is 5.78 Å². The third-order valence-electron chi connectivity index (χ3n) is 4.13. The second-order valence-electron chi connectivity index (χ2n) is 6.11. The van der Waals surface area contributed by atoms with Crippen LogP contribution in [0.2, 0.25) is 0 Å². The monoisotopic (exact) mass is 438 g/mol. The fraction of sp³-hybridized carbons (Fsp3) is 0. The van der Waals surface area contributed by atoms with Crippen molar-refractivity contribution in [1.82, 2.24) is 0 Å². The molecule has 0 aromatic heterocycles. The summed E-state index contributed by atoms with van der Waals surface area (Å²) in [5.41, 5.74) is 11.1. The molecular formula is C17H14N2O8S2. The van der Waals surface area contributed by atoms with Crippen molar-refractivity contribution in [3.63, 3.8) is 0 Å². The fourth-order valence-electron chi connectivity index (χ4n) is 2.92. The molecule has 0 fully saturated rings. The van der Waals surface area contributed by atoms with Crippen LogP contribution in [0, 0.1) is 0 Å². The van der Waals surface area contributed by atoms with E-state index in [2.05, 4.69) is 0 Å². The number of nitrogens with two attached hydrogens (primary N) is 2. The molecule has 10 nitrogen and oxygen atoms in total. The van der Waals surface area contributed by atoms with E-state index in [0.717, 1.165) is 6.07 Å². The summed E-state index contributed by atoms with van der Waals surface area (Å²) >= 11 is 0. The van der Waals surface area contributed by atoms with Crippen LogP contribution < -0.4 is 11.5 Å². The van der Waals surface area contributed by atoms with Crippen molar-refractivity contribution in [2.75, 3.05) is 11.5 Å². The average molecular weight is 438 g/mol. The van der Waals surface area contributed by atoms with Gasteiger partial charge in [0.05, 0.1) is 10.5 Å². The molecule has 0 saturated carbocycles. The quantitative estimate of drug-likeness (QED) is 0.225. The molecule has 0 unspecified atom stereocenters. The van der Waals surface area contributed by atoms with Crippen LogP contribution in [0.4, 0.5) is 11.4 Å². The molecule has 3 aromatic rings. The van der Waals surface area contributed by atoms with Gasteiger partial charge >= 0.3 is 0 Å². The van der Waals surface area contributed by atoms with Gasteiger partial charge in [-0.05, 0) is 24.3 Å². The molecule has 0 aliphatic rings. The van der Waals surface area contributed by atoms with Crippen molar-refractivity contribution in [2.24, 2.45) is 0 Å². The van der Waals surface area contributed by atoms with Gasteiger partial charge in [0.2, 0.25) is 0 Å². The van der Waals surface area contributed by atoms with Crippen molar-refractivity contribution < 1.29 is 35.8 Å². The zero-order valence-corrected chi connectivity index (χ0v) is 16.0. The van der Waals surface area contributed by atoms with E-state index in [4.69, 9.17) is 11.5 Å². The van der Waals surface area contributed by atoms with Crippen molar-refractivity contribution in [1.29, 1.82) is 0 Å². The standard InChI is InChI=1S/C17H14N2O8S2/c18-9-3-1-2-8(4-9)17(21)16-12(19)7-14(29(25,26)27)11-5-10(28(22,23)24)6-13(20)15(11)16/h1-7,20H,18-19H2,(H,22,23,24)(H,25,26,27). The molecule has 7 N–H and O–H groups in total. The van der Waals surface area contributed by atoms with E-state index in [1.54, 1.807) is 0 Å². The van der Waals surface area contributed by atoms with Gasteiger partial charge in [-0.3, -0.25) is 13.9 Å². The summed E-state index contributed by atoms with van der Waals surface area (Å²) < 4.78 is 65.2. The summed E-state index contributed by atoms with van der Waals surface area (Å²) in [7, 11) is -9.79. The number of phenolic OH excluding ortho intramolecular Hbond substituents is 1. The van der Waals surface area contributed by atoms with Crippen LogP contribution >= 0.6 is 0 Å². The molecule has 0 aliphatic carbocycles. The molecule has 0 spiro atoms. The summed E-state index contributed by atoms with van der Waals surface area (Å²) in [5, 5.41) is 9.43. The molecule has 29 heavy (non-hydrogen) atoms. The molecule has 0 bridgehead atoms. The number of benzene rings is 3. The van der Waals surface area contributed by atoms with E-state index < -0.39 is 58.0 Å². The highest BCUT2D eigenvalue weighted by Gasteiger charge is 2.27. The second-order valence-corrected chi connectivity index (χ2v) is 8.92. The summed E-state index contributed by atoms with van der Waals surface area (Å²) in [6.45, 7) is 0. The normalized spacial score (nSPS) is 12.2. The summed E-state index contributed by atoms with van der Waals surface area (Å²) in [6, 6.07) is 7.83. The number of phenols is 1. The molecule has 3 rings (SSSR count). The van der Waals surface area contributed by atoms with Gasteiger partial charge in [0, 0.05) is 33.8 Å². The molecule has 0 radical (unpaired) electrons. The minimum absolute atomic E-state index is 0.0656. The summed E-state index contributed by atoms with van der Waals surface area (Å²) in [5.74, 6) is -1.59. The van der Waals surface area contributed by atoms with E-state index in [9.17, 15) is 35.8 Å². The number of hydrogen-bond acceptors (Lipinski definition) is 8. The van der Waals surface area contributed by atoms with Crippen molar-refractivity contribution >= 4 is 48.2 Å². The minimum Gasteiger partial charge on any atom is -0.507 e. The van der Waals surface area contributed by atoms with Crippen molar-refractivity contribution in [2.45, 2.75) is 9.79 Å². The van der Waals surface area contributed by atoms with E-state index in [1.807, 2.05) is 0 Å². The summed E-state index contributed by atoms with van der Waals surface area (Å²) in [6.07, 6.45) is 0. The van der Waals surface area contributed by atoms with Gasteiger partial charge in [0.1, 0.15) is 10.6 Å². The van der Waals surface area contributed by atoms with Crippen molar-refractivity contribution in [3.05, 3.63) is 53.6 Å². The highest BCUT2D eigenvalue weighted by molar-refractivity contribution is 7.86. The molecule has 0 aliphatic heterocycles. The molecular weight excluding hydrogens is 424 g/mol. The number of aromatic hydroxyl groups is 1. The molecule has 0 atom stereocenters. The lowest BCUT2D eigenvalue weighted by molar-refractivity contribution is 0.104. The summed E-state index contributed by atoms with van der Waals surface area (Å²) in [4.78, 5) is 11.3. The Morgan fingerprint density at radius 1 is 0.897 bits per heavy atom. The Bertz CT molecular complexity index is 1400. The number of nitrogen functional groups attached to an aromatic ring is 2. The second kappa shape index (κ2) is 6.70. The number of hydrogen-bond donors (Lipinski definition) is 5. The van der Waals surface area contributed by atoms with Crippen LogP contribution in [0.5, 0.6) is 5.75 Å². The first-order valence-corrected chi connectivity index (χ1v) is 10.6. The Labute approximate surface area is 164 Å². The molecule has 152 valence electrons. The Morgan fingerprint density at radius 2 is 1.55 bits per heavy atom. The topological polar surface area (TPSA) is 198 Å². The molecule has 0 saturated heterocycles. The van der Waals surface area contributed by atoms with Crippen LogP contribution in [0.25, 0.3) is 10.8 Å². The number of anilines is 2. The number of carbonyl (C=O) groups is 1. The van der Waals surface area contributed by atoms with Crippen LogP contribution in [-0.2, 0) is 20.2 Å². The van der Waals surface area contributed by atoms with Crippen LogP contribution in [0.3, 0.4) is 0 Å². The lowest BCUT2D eigenvalue weighted by Gasteiger charge is -2.15. The maximum Gasteiger partial charge on any atom is 0.295 e. The van der Waals surface area contributed by atoms with Gasteiger partial charge < -0.3 is 16.6 Å². The predicted octanol–water partition coefficient (Wildman–Crippen LogP) is 1.43. The third-order valence-corrected chi connectivity index (χ3v) is 5.86. The molecule has 0 amide bonds. The molecule has 12 heteroatoms. The Hall–Kier alpha value is -3.19. The molecule has 3 aromatic carbocycles. The van der Waals surface area contributed by atoms with Gasteiger partial charge in [-0.25, -0.2) is 0 Å². The van der Waals surface area contributed by atoms with Gasteiger partial charge in [-0.2, -0.15) is 16.8 Å². The Morgan fingerprint density at radius 3 is 2.10 bits per heavy atom. The molecule has 0 heterocycles. The fourth-order valence-corrected chi connectivity index (χ4v) is 4.17. The average Bonchev–Trinajstić information content (AvgIpc) is 2.59. The van der Waals surface area contributed by atoms with E-state index in [-0.39, 0.29) is 16.8 Å². The zero-order valence-electron chi connectivity index (χ0n) is 14.4. The zero-order chi connectivity index (χ0) is 21.7. The van der Waals surface area contributed by atoms with E-state index in [0.29, 0.717) is 12.1 Å². The lowest BCUT2D eigenvalue weighted by Crippen LogP contribution is -2.11. The maximum absolute atomic E-state index is 13.0. The van der Waals surface area contributed by atoms with Gasteiger partial charge in [-0.1, -0.05) is 12.1 Å². The van der Waals surface area contributed by atoms with E-state index >= 15 is 0 Å². The van der Waals surface area contributed by atoms with Gasteiger partial charge in [0.25, 0.3) is 20.2 Å². The highest BCUT2D eigenvalue weighted by atomic mass is 32.2. The van der Waals surface area contributed by atoms with Crippen LogP contribution in [0.1, 0.15) is 15.9 Å². The number of fused-ring (bicyclic) bond motifs is 1.